The second kappa shape index (κ2) is 5.52. The van der Waals surface area contributed by atoms with Gasteiger partial charge in [-0.25, -0.2) is 4.39 Å². The van der Waals surface area contributed by atoms with Crippen molar-refractivity contribution in [2.45, 2.75) is 6.61 Å². The molecule has 0 unspecified atom stereocenters. The highest BCUT2D eigenvalue weighted by atomic mass is 35.5. The molecule has 2 nitrogen and oxygen atoms in total. The highest BCUT2D eigenvalue weighted by Gasteiger charge is 2.06. The van der Waals surface area contributed by atoms with Crippen LogP contribution in [0.5, 0.6) is 5.75 Å². The fraction of sp³-hybridized carbons (Fsp3) is 0.0714. The van der Waals surface area contributed by atoms with Crippen molar-refractivity contribution in [2.24, 2.45) is 0 Å². The van der Waals surface area contributed by atoms with Gasteiger partial charge in [0.05, 0.1) is 5.56 Å². The molecular formula is C14H9ClFNO. The minimum atomic E-state index is -0.369. The van der Waals surface area contributed by atoms with Gasteiger partial charge in [0, 0.05) is 10.6 Å². The minimum Gasteiger partial charge on any atom is -0.487 e. The molecule has 0 radical (unpaired) electrons. The van der Waals surface area contributed by atoms with Crippen LogP contribution in [0.15, 0.2) is 42.5 Å². The average molecular weight is 262 g/mol. The number of hydrogen-bond donors (Lipinski definition) is 0. The van der Waals surface area contributed by atoms with Gasteiger partial charge in [-0.3, -0.25) is 0 Å². The van der Waals surface area contributed by atoms with Crippen LogP contribution in [0.4, 0.5) is 4.39 Å². The topological polar surface area (TPSA) is 33.0 Å². The normalized spacial score (nSPS) is 9.83. The quantitative estimate of drug-likeness (QED) is 0.839. The van der Waals surface area contributed by atoms with Crippen LogP contribution in [0, 0.1) is 17.1 Å². The molecular weight excluding hydrogens is 253 g/mol. The van der Waals surface area contributed by atoms with E-state index in [9.17, 15) is 4.39 Å². The molecule has 2 rings (SSSR count). The first kappa shape index (κ1) is 12.4. The molecule has 0 bridgehead atoms. The van der Waals surface area contributed by atoms with Gasteiger partial charge >= 0.3 is 0 Å². The van der Waals surface area contributed by atoms with Crippen LogP contribution < -0.4 is 4.74 Å². The predicted octanol–water partition coefficient (Wildman–Crippen LogP) is 3.93. The molecule has 0 heterocycles. The Balaban J connectivity index is 2.17. The number of rotatable bonds is 3. The zero-order valence-corrected chi connectivity index (χ0v) is 10.1. The smallest absolute Gasteiger partial charge is 0.137 e. The van der Waals surface area contributed by atoms with E-state index in [4.69, 9.17) is 21.6 Å². The monoisotopic (exact) mass is 261 g/mol. The van der Waals surface area contributed by atoms with Gasteiger partial charge in [-0.15, -0.1) is 0 Å². The Hall–Kier alpha value is -2.05. The molecule has 0 saturated heterocycles. The molecule has 0 fully saturated rings. The summed E-state index contributed by atoms with van der Waals surface area (Å²) in [6.07, 6.45) is 0. The van der Waals surface area contributed by atoms with Gasteiger partial charge in [-0.05, 0) is 30.3 Å². The molecule has 0 spiro atoms. The van der Waals surface area contributed by atoms with Crippen molar-refractivity contribution in [3.63, 3.8) is 0 Å². The summed E-state index contributed by atoms with van der Waals surface area (Å²) in [6.45, 7) is 0.120. The van der Waals surface area contributed by atoms with E-state index >= 15 is 0 Å². The largest absolute Gasteiger partial charge is 0.487 e. The van der Waals surface area contributed by atoms with Crippen LogP contribution in [0.3, 0.4) is 0 Å². The van der Waals surface area contributed by atoms with E-state index in [0.717, 1.165) is 0 Å². The minimum absolute atomic E-state index is 0.120. The molecule has 90 valence electrons. The van der Waals surface area contributed by atoms with E-state index < -0.39 is 0 Å². The van der Waals surface area contributed by atoms with E-state index in [-0.39, 0.29) is 12.4 Å². The van der Waals surface area contributed by atoms with Crippen molar-refractivity contribution < 1.29 is 9.13 Å². The van der Waals surface area contributed by atoms with Crippen molar-refractivity contribution in [3.05, 3.63) is 64.4 Å². The molecule has 0 N–H and O–H groups in total. The number of ether oxygens (including phenoxy) is 1. The van der Waals surface area contributed by atoms with Crippen molar-refractivity contribution >= 4 is 11.6 Å². The maximum absolute atomic E-state index is 13.1. The van der Waals surface area contributed by atoms with E-state index in [2.05, 4.69) is 0 Å². The van der Waals surface area contributed by atoms with Gasteiger partial charge in [0.25, 0.3) is 0 Å². The molecule has 0 aliphatic carbocycles. The molecule has 0 aliphatic rings. The SMILES string of the molecule is N#Cc1ccccc1OCc1cc(F)ccc1Cl. The molecule has 2 aromatic rings. The lowest BCUT2D eigenvalue weighted by Crippen LogP contribution is -1.98. The summed E-state index contributed by atoms with van der Waals surface area (Å²) in [5.74, 6) is 0.0897. The molecule has 0 aliphatic heterocycles. The van der Waals surface area contributed by atoms with Crippen molar-refractivity contribution in [1.82, 2.24) is 0 Å². The second-order valence-electron chi connectivity index (χ2n) is 3.63. The molecule has 0 aromatic heterocycles. The lowest BCUT2D eigenvalue weighted by Gasteiger charge is -2.09. The highest BCUT2D eigenvalue weighted by Crippen LogP contribution is 2.22. The lowest BCUT2D eigenvalue weighted by atomic mass is 10.2. The first-order chi connectivity index (χ1) is 8.70. The van der Waals surface area contributed by atoms with E-state index in [1.165, 1.54) is 18.2 Å². The summed E-state index contributed by atoms with van der Waals surface area (Å²) in [4.78, 5) is 0. The fourth-order valence-electron chi connectivity index (χ4n) is 1.49. The zero-order chi connectivity index (χ0) is 13.0. The van der Waals surface area contributed by atoms with Crippen LogP contribution in [-0.4, -0.2) is 0 Å². The van der Waals surface area contributed by atoms with Gasteiger partial charge in [-0.1, -0.05) is 23.7 Å². The van der Waals surface area contributed by atoms with Crippen LogP contribution in [-0.2, 0) is 6.61 Å². The van der Waals surface area contributed by atoms with Crippen LogP contribution in [0.25, 0.3) is 0 Å². The Morgan fingerprint density at radius 2 is 2.00 bits per heavy atom. The first-order valence-electron chi connectivity index (χ1n) is 5.26. The number of halogens is 2. The standard InChI is InChI=1S/C14H9ClFNO/c15-13-6-5-12(16)7-11(13)9-18-14-4-2-1-3-10(14)8-17/h1-7H,9H2. The lowest BCUT2D eigenvalue weighted by molar-refractivity contribution is 0.305. The molecule has 18 heavy (non-hydrogen) atoms. The number of para-hydroxylation sites is 1. The van der Waals surface area contributed by atoms with Gasteiger partial charge < -0.3 is 4.74 Å². The Morgan fingerprint density at radius 1 is 1.22 bits per heavy atom. The van der Waals surface area contributed by atoms with Crippen LogP contribution >= 0.6 is 11.6 Å². The van der Waals surface area contributed by atoms with E-state index in [0.29, 0.717) is 21.9 Å². The second-order valence-corrected chi connectivity index (χ2v) is 4.04. The zero-order valence-electron chi connectivity index (χ0n) is 9.36. The molecule has 0 amide bonds. The third kappa shape index (κ3) is 2.79. The molecule has 0 atom stereocenters. The molecule has 4 heteroatoms. The Morgan fingerprint density at radius 3 is 2.78 bits per heavy atom. The van der Waals surface area contributed by atoms with Crippen molar-refractivity contribution in [3.8, 4) is 11.8 Å². The molecule has 2 aromatic carbocycles. The molecule has 0 saturated carbocycles. The van der Waals surface area contributed by atoms with E-state index in [1.807, 2.05) is 6.07 Å². The third-order valence-electron chi connectivity index (χ3n) is 2.40. The summed E-state index contributed by atoms with van der Waals surface area (Å²) < 4.78 is 18.5. The van der Waals surface area contributed by atoms with E-state index in [1.54, 1.807) is 24.3 Å². The van der Waals surface area contributed by atoms with Crippen LogP contribution in [0.2, 0.25) is 5.02 Å². The Labute approximate surface area is 109 Å². The summed E-state index contributed by atoms with van der Waals surface area (Å²) in [5, 5.41) is 9.33. The van der Waals surface area contributed by atoms with Gasteiger partial charge in [0.2, 0.25) is 0 Å². The van der Waals surface area contributed by atoms with Crippen molar-refractivity contribution in [1.29, 1.82) is 5.26 Å². The number of benzene rings is 2. The first-order valence-corrected chi connectivity index (χ1v) is 5.64. The Kier molecular flexibility index (Phi) is 3.81. The number of hydrogen-bond acceptors (Lipinski definition) is 2. The third-order valence-corrected chi connectivity index (χ3v) is 2.77. The average Bonchev–Trinajstić information content (AvgIpc) is 2.40. The Bertz CT molecular complexity index is 607. The summed E-state index contributed by atoms with van der Waals surface area (Å²) >= 11 is 5.92. The predicted molar refractivity (Wildman–Crippen MR) is 66.9 cm³/mol. The maximum Gasteiger partial charge on any atom is 0.137 e. The van der Waals surface area contributed by atoms with Crippen LogP contribution in [0.1, 0.15) is 11.1 Å². The number of nitriles is 1. The van der Waals surface area contributed by atoms with Gasteiger partial charge in [0.1, 0.15) is 24.2 Å². The van der Waals surface area contributed by atoms with Gasteiger partial charge in [0.15, 0.2) is 0 Å². The van der Waals surface area contributed by atoms with Gasteiger partial charge in [-0.2, -0.15) is 5.26 Å². The maximum atomic E-state index is 13.1. The van der Waals surface area contributed by atoms with Crippen molar-refractivity contribution in [2.75, 3.05) is 0 Å². The summed E-state index contributed by atoms with van der Waals surface area (Å²) in [6, 6.07) is 13.0. The summed E-state index contributed by atoms with van der Waals surface area (Å²) in [5.41, 5.74) is 0.981. The summed E-state index contributed by atoms with van der Waals surface area (Å²) in [7, 11) is 0. The highest BCUT2D eigenvalue weighted by molar-refractivity contribution is 6.31. The number of nitrogens with zero attached hydrogens (tertiary/aromatic N) is 1. The fourth-order valence-corrected chi connectivity index (χ4v) is 1.67.